The van der Waals surface area contributed by atoms with Gasteiger partial charge in [-0.3, -0.25) is 10.2 Å². The summed E-state index contributed by atoms with van der Waals surface area (Å²) in [6.07, 6.45) is 3.15. The first-order valence-corrected chi connectivity index (χ1v) is 14.2. The molecule has 0 atom stereocenters. The Bertz CT molecular complexity index is 1680. The molecule has 1 saturated carbocycles. The summed E-state index contributed by atoms with van der Waals surface area (Å²) in [6.45, 7) is 3.86. The highest BCUT2D eigenvalue weighted by Crippen LogP contribution is 2.42. The van der Waals surface area contributed by atoms with Gasteiger partial charge in [0.25, 0.3) is 0 Å². The first-order valence-electron chi connectivity index (χ1n) is 11.9. The summed E-state index contributed by atoms with van der Waals surface area (Å²) in [5, 5.41) is 21.2. The van der Waals surface area contributed by atoms with Crippen molar-refractivity contribution in [3.63, 3.8) is 0 Å². The second-order valence-electron chi connectivity index (χ2n) is 9.18. The van der Waals surface area contributed by atoms with Gasteiger partial charge in [-0.1, -0.05) is 6.07 Å². The standard InChI is InChI=1S/C26H25N7O2S2/c1-15-11-24(32-30-15)28-18-5-3-17(4-6-18)26-27-14-22(36-26)21-10-7-19(29-25-12-16(2)31-33-25)13-23(21)37(34,35)20-8-9-20/h3-7,10-14,20H,8-9H2,1-2H3,(H2,28,30,32)(H2,29,31,33). The average Bonchev–Trinajstić information content (AvgIpc) is 3.30. The van der Waals surface area contributed by atoms with Crippen LogP contribution in [-0.4, -0.2) is 39.0 Å². The van der Waals surface area contributed by atoms with Crippen molar-refractivity contribution in [2.45, 2.75) is 36.8 Å². The lowest BCUT2D eigenvalue weighted by atomic mass is 10.2. The number of aryl methyl sites for hydroxylation is 2. The number of hydrogen-bond acceptors (Lipinski definition) is 8. The van der Waals surface area contributed by atoms with Crippen LogP contribution in [0, 0.1) is 13.8 Å². The quantitative estimate of drug-likeness (QED) is 0.194. The number of sulfone groups is 1. The van der Waals surface area contributed by atoms with Gasteiger partial charge in [-0.05, 0) is 63.1 Å². The zero-order valence-electron chi connectivity index (χ0n) is 20.2. The predicted octanol–water partition coefficient (Wildman–Crippen LogP) is 5.96. The molecule has 0 radical (unpaired) electrons. The molecule has 9 nitrogen and oxygen atoms in total. The molecule has 3 aromatic heterocycles. The molecule has 1 aliphatic rings. The number of nitrogens with zero attached hydrogens (tertiary/aromatic N) is 3. The van der Waals surface area contributed by atoms with E-state index in [0.29, 0.717) is 34.8 Å². The summed E-state index contributed by atoms with van der Waals surface area (Å²) in [5.41, 5.74) is 5.12. The molecule has 1 fully saturated rings. The smallest absolute Gasteiger partial charge is 0.181 e. The summed E-state index contributed by atoms with van der Waals surface area (Å²) >= 11 is 1.48. The van der Waals surface area contributed by atoms with E-state index in [1.54, 1.807) is 12.3 Å². The highest BCUT2D eigenvalue weighted by atomic mass is 32.2. The van der Waals surface area contributed by atoms with Gasteiger partial charge >= 0.3 is 0 Å². The second kappa shape index (κ2) is 9.16. The van der Waals surface area contributed by atoms with E-state index in [1.807, 2.05) is 62.4 Å². The number of thiazole rings is 1. The molecule has 0 saturated heterocycles. The fraction of sp³-hybridized carbons (Fsp3) is 0.192. The van der Waals surface area contributed by atoms with Crippen molar-refractivity contribution < 1.29 is 8.42 Å². The number of benzene rings is 2. The van der Waals surface area contributed by atoms with Crippen LogP contribution < -0.4 is 10.6 Å². The van der Waals surface area contributed by atoms with Crippen molar-refractivity contribution in [1.82, 2.24) is 25.4 Å². The van der Waals surface area contributed by atoms with Crippen LogP contribution in [0.3, 0.4) is 0 Å². The van der Waals surface area contributed by atoms with Gasteiger partial charge in [-0.25, -0.2) is 13.4 Å². The summed E-state index contributed by atoms with van der Waals surface area (Å²) in [4.78, 5) is 5.75. The molecule has 6 rings (SSSR count). The van der Waals surface area contributed by atoms with Crippen LogP contribution in [0.4, 0.5) is 23.0 Å². The van der Waals surface area contributed by atoms with Gasteiger partial charge in [-0.15, -0.1) is 11.3 Å². The van der Waals surface area contributed by atoms with E-state index in [2.05, 4.69) is 36.0 Å². The van der Waals surface area contributed by atoms with Crippen LogP contribution in [0.25, 0.3) is 21.0 Å². The molecule has 0 aliphatic heterocycles. The number of nitrogens with one attached hydrogen (secondary N) is 4. The third-order valence-electron chi connectivity index (χ3n) is 6.11. The number of anilines is 4. The fourth-order valence-corrected chi connectivity index (χ4v) is 7.00. The number of aromatic amines is 2. The lowest BCUT2D eigenvalue weighted by molar-refractivity contribution is 0.595. The first-order chi connectivity index (χ1) is 17.8. The van der Waals surface area contributed by atoms with Gasteiger partial charge in [0, 0.05) is 52.2 Å². The molecule has 0 spiro atoms. The number of hydrogen-bond donors (Lipinski definition) is 4. The van der Waals surface area contributed by atoms with E-state index >= 15 is 0 Å². The van der Waals surface area contributed by atoms with Crippen molar-refractivity contribution in [2.75, 3.05) is 10.6 Å². The maximum atomic E-state index is 13.4. The normalized spacial score (nSPS) is 13.6. The maximum absolute atomic E-state index is 13.4. The molecule has 11 heteroatoms. The van der Waals surface area contributed by atoms with E-state index < -0.39 is 9.84 Å². The van der Waals surface area contributed by atoms with E-state index in [-0.39, 0.29) is 5.25 Å². The van der Waals surface area contributed by atoms with E-state index in [9.17, 15) is 8.42 Å². The third kappa shape index (κ3) is 4.87. The highest BCUT2D eigenvalue weighted by molar-refractivity contribution is 7.92. The van der Waals surface area contributed by atoms with Gasteiger partial charge in [-0.2, -0.15) is 10.2 Å². The Hall–Kier alpha value is -3.96. The molecule has 0 bridgehead atoms. The Morgan fingerprint density at radius 3 is 2.08 bits per heavy atom. The Morgan fingerprint density at radius 1 is 0.865 bits per heavy atom. The lowest BCUT2D eigenvalue weighted by Crippen LogP contribution is -2.09. The van der Waals surface area contributed by atoms with Gasteiger partial charge in [0.15, 0.2) is 21.5 Å². The Balaban J connectivity index is 1.29. The zero-order chi connectivity index (χ0) is 25.6. The van der Waals surface area contributed by atoms with Crippen LogP contribution in [0.5, 0.6) is 0 Å². The molecular formula is C26H25N7O2S2. The first kappa shape index (κ1) is 23.4. The molecule has 188 valence electrons. The minimum absolute atomic E-state index is 0.320. The van der Waals surface area contributed by atoms with E-state index in [4.69, 9.17) is 0 Å². The molecule has 0 amide bonds. The minimum atomic E-state index is -3.45. The van der Waals surface area contributed by atoms with Crippen LogP contribution in [0.15, 0.2) is 65.7 Å². The van der Waals surface area contributed by atoms with Crippen LogP contribution in [-0.2, 0) is 9.84 Å². The number of H-pyrrole nitrogens is 2. The molecule has 1 aliphatic carbocycles. The van der Waals surface area contributed by atoms with E-state index in [1.165, 1.54) is 11.3 Å². The van der Waals surface area contributed by atoms with Crippen molar-refractivity contribution in [3.05, 3.63) is 72.2 Å². The Morgan fingerprint density at radius 2 is 1.49 bits per heavy atom. The molecule has 2 aromatic carbocycles. The van der Waals surface area contributed by atoms with Crippen molar-refractivity contribution in [3.8, 4) is 21.0 Å². The Labute approximate surface area is 218 Å². The third-order valence-corrected chi connectivity index (χ3v) is 9.49. The highest BCUT2D eigenvalue weighted by Gasteiger charge is 2.38. The topological polar surface area (TPSA) is 128 Å². The molecule has 3 heterocycles. The van der Waals surface area contributed by atoms with Crippen molar-refractivity contribution in [2.24, 2.45) is 0 Å². The summed E-state index contributed by atoms with van der Waals surface area (Å²) < 4.78 is 26.8. The predicted molar refractivity (Wildman–Crippen MR) is 146 cm³/mol. The minimum Gasteiger partial charge on any atom is -0.339 e. The maximum Gasteiger partial charge on any atom is 0.181 e. The van der Waals surface area contributed by atoms with E-state index in [0.717, 1.165) is 38.3 Å². The van der Waals surface area contributed by atoms with Crippen molar-refractivity contribution >= 4 is 44.2 Å². The van der Waals surface area contributed by atoms with Gasteiger partial charge in [0.2, 0.25) is 0 Å². The lowest BCUT2D eigenvalue weighted by Gasteiger charge is -2.12. The number of rotatable bonds is 8. The Kier molecular flexibility index (Phi) is 5.81. The summed E-state index contributed by atoms with van der Waals surface area (Å²) in [6, 6.07) is 17.2. The largest absolute Gasteiger partial charge is 0.339 e. The summed E-state index contributed by atoms with van der Waals surface area (Å²) in [5.74, 6) is 1.40. The second-order valence-corrected chi connectivity index (χ2v) is 12.4. The molecule has 0 unspecified atom stereocenters. The van der Waals surface area contributed by atoms with Gasteiger partial charge in [0.1, 0.15) is 5.01 Å². The van der Waals surface area contributed by atoms with Gasteiger partial charge < -0.3 is 10.6 Å². The number of aromatic nitrogens is 5. The van der Waals surface area contributed by atoms with Crippen LogP contribution in [0.2, 0.25) is 0 Å². The molecule has 5 aromatic rings. The molecular weight excluding hydrogens is 506 g/mol. The zero-order valence-corrected chi connectivity index (χ0v) is 21.9. The monoisotopic (exact) mass is 531 g/mol. The average molecular weight is 532 g/mol. The molecule has 4 N–H and O–H groups in total. The van der Waals surface area contributed by atoms with Crippen molar-refractivity contribution in [1.29, 1.82) is 0 Å². The van der Waals surface area contributed by atoms with Crippen LogP contribution >= 0.6 is 11.3 Å². The SMILES string of the molecule is Cc1cc(Nc2ccc(-c3ncc(-c4ccc(Nc5cc(C)[nH]n5)cc4S(=O)(=O)C4CC4)s3)cc2)n[nH]1. The summed E-state index contributed by atoms with van der Waals surface area (Å²) in [7, 11) is -3.45. The fourth-order valence-electron chi connectivity index (χ4n) is 4.09. The molecule has 37 heavy (non-hydrogen) atoms. The van der Waals surface area contributed by atoms with Gasteiger partial charge in [0.05, 0.1) is 15.0 Å². The van der Waals surface area contributed by atoms with Crippen LogP contribution in [0.1, 0.15) is 24.2 Å².